The van der Waals surface area contributed by atoms with E-state index in [4.69, 9.17) is 0 Å². The lowest BCUT2D eigenvalue weighted by Crippen LogP contribution is -2.06. The summed E-state index contributed by atoms with van der Waals surface area (Å²) in [5.41, 5.74) is 5.16. The highest BCUT2D eigenvalue weighted by atomic mass is 19.1. The molecule has 1 aromatic heterocycles. The van der Waals surface area contributed by atoms with Crippen molar-refractivity contribution in [3.05, 3.63) is 70.8 Å². The fraction of sp³-hybridized carbons (Fsp3) is 0.227. The molecular formula is C22H21FN2O2. The number of hydrogen-bond donors (Lipinski definition) is 2. The van der Waals surface area contributed by atoms with Crippen molar-refractivity contribution < 1.29 is 14.6 Å². The van der Waals surface area contributed by atoms with Crippen LogP contribution in [0.4, 0.5) is 4.39 Å². The molecular weight excluding hydrogens is 343 g/mol. The number of nitriles is 1. The number of aliphatic hydroxyl groups excluding tert-OH is 1. The molecule has 0 aliphatic rings. The summed E-state index contributed by atoms with van der Waals surface area (Å²) in [4.78, 5) is 0. The first-order valence-corrected chi connectivity index (χ1v) is 8.73. The third-order valence-electron chi connectivity index (χ3n) is 4.80. The summed E-state index contributed by atoms with van der Waals surface area (Å²) >= 11 is 0. The van der Waals surface area contributed by atoms with Gasteiger partial charge >= 0.3 is 0 Å². The molecule has 138 valence electrons. The lowest BCUT2D eigenvalue weighted by Gasteiger charge is -2.11. The summed E-state index contributed by atoms with van der Waals surface area (Å²) in [5, 5.41) is 29.3. The molecule has 0 atom stereocenters. The normalized spacial score (nSPS) is 11.0. The topological polar surface area (TPSA) is 69.2 Å². The summed E-state index contributed by atoms with van der Waals surface area (Å²) < 4.78 is 15.4. The zero-order valence-electron chi connectivity index (χ0n) is 15.5. The minimum atomic E-state index is -1.69. The van der Waals surface area contributed by atoms with Gasteiger partial charge in [-0.1, -0.05) is 37.3 Å². The molecule has 0 fully saturated rings. The second kappa shape index (κ2) is 7.36. The zero-order valence-corrected chi connectivity index (χ0v) is 15.5. The van der Waals surface area contributed by atoms with E-state index in [0.717, 1.165) is 22.4 Å². The van der Waals surface area contributed by atoms with Gasteiger partial charge in [0.15, 0.2) is 6.29 Å². The largest absolute Gasteiger partial charge is 0.363 e. The second-order valence-corrected chi connectivity index (χ2v) is 6.57. The van der Waals surface area contributed by atoms with Crippen LogP contribution in [0.2, 0.25) is 0 Å². The molecule has 0 amide bonds. The molecule has 3 aromatic rings. The molecule has 0 unspecified atom stereocenters. The maximum atomic E-state index is 13.7. The minimum Gasteiger partial charge on any atom is -0.363 e. The van der Waals surface area contributed by atoms with Crippen LogP contribution in [0.25, 0.3) is 22.3 Å². The van der Waals surface area contributed by atoms with Gasteiger partial charge in [-0.15, -0.1) is 0 Å². The Hall–Kier alpha value is -2.94. The van der Waals surface area contributed by atoms with Crippen molar-refractivity contribution in [3.8, 4) is 28.3 Å². The molecule has 0 aliphatic heterocycles. The van der Waals surface area contributed by atoms with E-state index in [9.17, 15) is 19.9 Å². The summed E-state index contributed by atoms with van der Waals surface area (Å²) in [5.74, 6) is -0.290. The van der Waals surface area contributed by atoms with Gasteiger partial charge in [-0.05, 0) is 47.7 Å². The van der Waals surface area contributed by atoms with Gasteiger partial charge in [-0.2, -0.15) is 5.26 Å². The van der Waals surface area contributed by atoms with E-state index in [1.165, 1.54) is 12.1 Å². The SMILES string of the molecule is CCc1c(C#N)c(-c2ccc(-c3cc(C)cc(F)c3)cc2)c(C(O)O)n1C. The number of nitrogens with zero attached hydrogens (tertiary/aromatic N) is 2. The van der Waals surface area contributed by atoms with Crippen molar-refractivity contribution in [2.75, 3.05) is 0 Å². The molecule has 0 bridgehead atoms. The monoisotopic (exact) mass is 364 g/mol. The van der Waals surface area contributed by atoms with E-state index in [1.54, 1.807) is 11.6 Å². The molecule has 27 heavy (non-hydrogen) atoms. The highest BCUT2D eigenvalue weighted by Gasteiger charge is 2.24. The number of aromatic nitrogens is 1. The first-order chi connectivity index (χ1) is 12.9. The Balaban J connectivity index is 2.14. The summed E-state index contributed by atoms with van der Waals surface area (Å²) in [7, 11) is 1.72. The van der Waals surface area contributed by atoms with Crippen molar-refractivity contribution >= 4 is 0 Å². The van der Waals surface area contributed by atoms with Gasteiger partial charge in [0.05, 0.1) is 11.3 Å². The minimum absolute atomic E-state index is 0.290. The van der Waals surface area contributed by atoms with Crippen LogP contribution in [0.15, 0.2) is 42.5 Å². The van der Waals surface area contributed by atoms with Gasteiger partial charge in [0, 0.05) is 18.3 Å². The molecule has 5 heteroatoms. The molecule has 0 aliphatic carbocycles. The van der Waals surface area contributed by atoms with Gasteiger partial charge in [0.1, 0.15) is 11.9 Å². The average Bonchev–Trinajstić information content (AvgIpc) is 2.92. The molecule has 0 saturated carbocycles. The third-order valence-corrected chi connectivity index (χ3v) is 4.80. The quantitative estimate of drug-likeness (QED) is 0.681. The number of rotatable bonds is 4. The fourth-order valence-corrected chi connectivity index (χ4v) is 3.61. The number of halogens is 1. The van der Waals surface area contributed by atoms with E-state index in [2.05, 4.69) is 6.07 Å². The van der Waals surface area contributed by atoms with E-state index < -0.39 is 6.29 Å². The Morgan fingerprint density at radius 3 is 2.22 bits per heavy atom. The molecule has 0 spiro atoms. The Morgan fingerprint density at radius 2 is 1.70 bits per heavy atom. The van der Waals surface area contributed by atoms with Crippen LogP contribution in [0.1, 0.15) is 35.7 Å². The van der Waals surface area contributed by atoms with Crippen LogP contribution in [-0.2, 0) is 13.5 Å². The first-order valence-electron chi connectivity index (χ1n) is 8.73. The molecule has 2 aromatic carbocycles. The smallest absolute Gasteiger partial charge is 0.194 e. The van der Waals surface area contributed by atoms with Crippen molar-refractivity contribution in [1.82, 2.24) is 4.57 Å². The highest BCUT2D eigenvalue weighted by Crippen LogP contribution is 2.36. The van der Waals surface area contributed by atoms with Crippen LogP contribution in [0.3, 0.4) is 0 Å². The van der Waals surface area contributed by atoms with Crippen LogP contribution < -0.4 is 0 Å². The van der Waals surface area contributed by atoms with E-state index in [-0.39, 0.29) is 11.5 Å². The van der Waals surface area contributed by atoms with Crippen molar-refractivity contribution in [2.45, 2.75) is 26.6 Å². The number of hydrogen-bond acceptors (Lipinski definition) is 3. The zero-order chi connectivity index (χ0) is 19.7. The molecule has 2 N–H and O–H groups in total. The van der Waals surface area contributed by atoms with Crippen LogP contribution in [0, 0.1) is 24.1 Å². The number of aliphatic hydroxyl groups is 2. The lowest BCUT2D eigenvalue weighted by atomic mass is 9.96. The van der Waals surface area contributed by atoms with E-state index >= 15 is 0 Å². The van der Waals surface area contributed by atoms with Crippen LogP contribution in [0.5, 0.6) is 0 Å². The van der Waals surface area contributed by atoms with Gasteiger partial charge in [-0.3, -0.25) is 0 Å². The van der Waals surface area contributed by atoms with Gasteiger partial charge in [-0.25, -0.2) is 4.39 Å². The predicted octanol–water partition coefficient (Wildman–Crippen LogP) is 4.22. The number of aryl methyl sites for hydroxylation is 1. The Labute approximate surface area is 157 Å². The molecule has 0 saturated heterocycles. The van der Waals surface area contributed by atoms with Crippen LogP contribution in [-0.4, -0.2) is 14.8 Å². The predicted molar refractivity (Wildman–Crippen MR) is 102 cm³/mol. The highest BCUT2D eigenvalue weighted by molar-refractivity contribution is 5.78. The van der Waals surface area contributed by atoms with Gasteiger partial charge < -0.3 is 14.8 Å². The molecule has 0 radical (unpaired) electrons. The Morgan fingerprint density at radius 1 is 1.07 bits per heavy atom. The Kier molecular flexibility index (Phi) is 5.13. The van der Waals surface area contributed by atoms with E-state index in [0.29, 0.717) is 23.1 Å². The summed E-state index contributed by atoms with van der Waals surface area (Å²) in [6, 6.07) is 14.4. The summed E-state index contributed by atoms with van der Waals surface area (Å²) in [6.45, 7) is 3.76. The molecule has 3 rings (SSSR count). The van der Waals surface area contributed by atoms with Crippen molar-refractivity contribution in [1.29, 1.82) is 5.26 Å². The molecule has 4 nitrogen and oxygen atoms in total. The van der Waals surface area contributed by atoms with Gasteiger partial charge in [0.25, 0.3) is 0 Å². The second-order valence-electron chi connectivity index (χ2n) is 6.57. The van der Waals surface area contributed by atoms with E-state index in [1.807, 2.05) is 44.2 Å². The number of benzene rings is 2. The molecule has 1 heterocycles. The summed E-state index contributed by atoms with van der Waals surface area (Å²) in [6.07, 6.45) is -1.09. The lowest BCUT2D eigenvalue weighted by molar-refractivity contribution is -0.0474. The van der Waals surface area contributed by atoms with Gasteiger partial charge in [0.2, 0.25) is 0 Å². The average molecular weight is 364 g/mol. The maximum absolute atomic E-state index is 13.7. The fourth-order valence-electron chi connectivity index (χ4n) is 3.61. The maximum Gasteiger partial charge on any atom is 0.194 e. The third kappa shape index (κ3) is 3.37. The standard InChI is InChI=1S/C22H21FN2O2/c1-4-19-18(12-24)20(21(22(26)27)25(19)3)15-7-5-14(6-8-15)16-9-13(2)10-17(23)11-16/h5-11,22,26-27H,4H2,1-3H3. The van der Waals surface area contributed by atoms with Crippen molar-refractivity contribution in [3.63, 3.8) is 0 Å². The van der Waals surface area contributed by atoms with Crippen LogP contribution >= 0.6 is 0 Å². The first kappa shape index (κ1) is 18.8. The Bertz CT molecular complexity index is 1010. The van der Waals surface area contributed by atoms with Crippen molar-refractivity contribution in [2.24, 2.45) is 7.05 Å².